The zero-order chi connectivity index (χ0) is 14.7. The molecule has 2 aromatic carbocycles. The summed E-state index contributed by atoms with van der Waals surface area (Å²) in [5.74, 6) is 0.153. The van der Waals surface area contributed by atoms with Gasteiger partial charge in [0.25, 0.3) is 0 Å². The van der Waals surface area contributed by atoms with Crippen LogP contribution in [0.15, 0.2) is 54.6 Å². The molecule has 0 heterocycles. The zero-order valence-corrected chi connectivity index (χ0v) is 12.3. The third kappa shape index (κ3) is 3.24. The predicted octanol–water partition coefficient (Wildman–Crippen LogP) is 3.39. The van der Waals surface area contributed by atoms with E-state index < -0.39 is 0 Å². The number of nitrogens with one attached hydrogen (secondary N) is 1. The Kier molecular flexibility index (Phi) is 3.91. The van der Waals surface area contributed by atoms with Crippen molar-refractivity contribution in [2.45, 2.75) is 18.9 Å². The molecule has 1 N–H and O–H groups in total. The summed E-state index contributed by atoms with van der Waals surface area (Å²) < 4.78 is 0. The molecule has 108 valence electrons. The van der Waals surface area contributed by atoms with E-state index in [4.69, 9.17) is 0 Å². The fourth-order valence-electron chi connectivity index (χ4n) is 2.47. The number of amides is 1. The average Bonchev–Trinajstić information content (AvgIpc) is 3.38. The van der Waals surface area contributed by atoms with Crippen molar-refractivity contribution >= 4 is 11.6 Å². The number of nitrogens with zero attached hydrogens (tertiary/aromatic N) is 1. The number of anilines is 1. The van der Waals surface area contributed by atoms with Crippen molar-refractivity contribution in [1.82, 2.24) is 4.90 Å². The smallest absolute Gasteiger partial charge is 0.241 e. The molecule has 0 saturated heterocycles. The van der Waals surface area contributed by atoms with Gasteiger partial charge in [-0.05, 0) is 24.5 Å². The fourth-order valence-corrected chi connectivity index (χ4v) is 2.47. The van der Waals surface area contributed by atoms with Gasteiger partial charge < -0.3 is 10.2 Å². The van der Waals surface area contributed by atoms with E-state index >= 15 is 0 Å². The maximum atomic E-state index is 12.1. The number of carbonyl (C=O) groups excluding carboxylic acids is 1. The summed E-state index contributed by atoms with van der Waals surface area (Å²) in [6.45, 7) is 0.344. The van der Waals surface area contributed by atoms with Gasteiger partial charge in [-0.1, -0.05) is 48.5 Å². The lowest BCUT2D eigenvalue weighted by Crippen LogP contribution is -2.33. The van der Waals surface area contributed by atoms with E-state index in [9.17, 15) is 4.79 Å². The topological polar surface area (TPSA) is 32.3 Å². The van der Waals surface area contributed by atoms with Crippen molar-refractivity contribution in [2.75, 3.05) is 18.9 Å². The van der Waals surface area contributed by atoms with Gasteiger partial charge in [-0.3, -0.25) is 4.79 Å². The molecular formula is C18H20N2O. The fraction of sp³-hybridized carbons (Fsp3) is 0.278. The Morgan fingerprint density at radius 2 is 1.76 bits per heavy atom. The largest absolute Gasteiger partial charge is 0.376 e. The quantitative estimate of drug-likeness (QED) is 0.910. The summed E-state index contributed by atoms with van der Waals surface area (Å²) in [7, 11) is 1.89. The molecule has 0 atom stereocenters. The molecule has 1 amide bonds. The van der Waals surface area contributed by atoms with Crippen molar-refractivity contribution < 1.29 is 4.79 Å². The first-order valence-electron chi connectivity index (χ1n) is 7.39. The molecule has 3 nitrogen and oxygen atoms in total. The third-order valence-corrected chi connectivity index (χ3v) is 3.93. The lowest BCUT2D eigenvalue weighted by molar-refractivity contribution is -0.128. The van der Waals surface area contributed by atoms with E-state index in [0.717, 1.165) is 29.7 Å². The van der Waals surface area contributed by atoms with Crippen LogP contribution in [0.3, 0.4) is 0 Å². The highest BCUT2D eigenvalue weighted by molar-refractivity contribution is 5.84. The first-order chi connectivity index (χ1) is 10.3. The third-order valence-electron chi connectivity index (χ3n) is 3.93. The molecule has 0 radical (unpaired) electrons. The van der Waals surface area contributed by atoms with Gasteiger partial charge in [0.2, 0.25) is 5.91 Å². The van der Waals surface area contributed by atoms with Crippen LogP contribution in [-0.2, 0) is 4.79 Å². The van der Waals surface area contributed by atoms with Gasteiger partial charge >= 0.3 is 0 Å². The molecule has 0 aliphatic heterocycles. The summed E-state index contributed by atoms with van der Waals surface area (Å²) in [4.78, 5) is 14.0. The summed E-state index contributed by atoms with van der Waals surface area (Å²) >= 11 is 0. The molecule has 3 rings (SSSR count). The van der Waals surface area contributed by atoms with Crippen LogP contribution < -0.4 is 5.32 Å². The Bertz CT molecular complexity index is 620. The first kappa shape index (κ1) is 13.7. The number of likely N-dealkylation sites (N-methyl/N-ethyl adjacent to an activating group) is 1. The normalized spacial score (nSPS) is 13.8. The molecule has 2 aromatic rings. The molecular weight excluding hydrogens is 260 g/mol. The number of hydrogen-bond acceptors (Lipinski definition) is 2. The zero-order valence-electron chi connectivity index (χ0n) is 12.3. The standard InChI is InChI=1S/C18H20N2O/c1-20(15-11-12-15)18(21)13-19-17-10-6-5-9-16(17)14-7-3-2-4-8-14/h2-10,15,19H,11-13H2,1H3. The molecule has 1 fully saturated rings. The molecule has 1 saturated carbocycles. The lowest BCUT2D eigenvalue weighted by atomic mass is 10.0. The predicted molar refractivity (Wildman–Crippen MR) is 86.2 cm³/mol. The summed E-state index contributed by atoms with van der Waals surface area (Å²) in [5, 5.41) is 3.28. The highest BCUT2D eigenvalue weighted by Crippen LogP contribution is 2.28. The van der Waals surface area contributed by atoms with Crippen molar-refractivity contribution in [2.24, 2.45) is 0 Å². The van der Waals surface area contributed by atoms with Gasteiger partial charge in [0.1, 0.15) is 0 Å². The van der Waals surface area contributed by atoms with E-state index in [1.165, 1.54) is 0 Å². The Morgan fingerprint density at radius 1 is 1.10 bits per heavy atom. The number of para-hydroxylation sites is 1. The van der Waals surface area contributed by atoms with E-state index in [2.05, 4.69) is 23.5 Å². The molecule has 21 heavy (non-hydrogen) atoms. The van der Waals surface area contributed by atoms with E-state index in [1.54, 1.807) is 0 Å². The van der Waals surface area contributed by atoms with Gasteiger partial charge in [-0.2, -0.15) is 0 Å². The lowest BCUT2D eigenvalue weighted by Gasteiger charge is -2.18. The SMILES string of the molecule is CN(C(=O)CNc1ccccc1-c1ccccc1)C1CC1. The Morgan fingerprint density at radius 3 is 2.48 bits per heavy atom. The monoisotopic (exact) mass is 280 g/mol. The number of carbonyl (C=O) groups is 1. The highest BCUT2D eigenvalue weighted by atomic mass is 16.2. The van der Waals surface area contributed by atoms with Crippen LogP contribution in [0.4, 0.5) is 5.69 Å². The number of benzene rings is 2. The van der Waals surface area contributed by atoms with Gasteiger partial charge in [-0.25, -0.2) is 0 Å². The van der Waals surface area contributed by atoms with Gasteiger partial charge in [0, 0.05) is 24.3 Å². The van der Waals surface area contributed by atoms with Crippen molar-refractivity contribution in [3.8, 4) is 11.1 Å². The average molecular weight is 280 g/mol. The minimum absolute atomic E-state index is 0.153. The molecule has 0 aromatic heterocycles. The molecule has 1 aliphatic rings. The van der Waals surface area contributed by atoms with E-state index in [0.29, 0.717) is 12.6 Å². The van der Waals surface area contributed by atoms with E-state index in [1.807, 2.05) is 48.3 Å². The molecule has 1 aliphatic carbocycles. The Labute approximate surface area is 125 Å². The summed E-state index contributed by atoms with van der Waals surface area (Å²) in [6.07, 6.45) is 2.28. The van der Waals surface area contributed by atoms with Crippen molar-refractivity contribution in [3.63, 3.8) is 0 Å². The molecule has 0 bridgehead atoms. The second kappa shape index (κ2) is 6.00. The maximum Gasteiger partial charge on any atom is 0.241 e. The summed E-state index contributed by atoms with van der Waals surface area (Å²) in [5.41, 5.74) is 3.28. The number of hydrogen-bond donors (Lipinski definition) is 1. The van der Waals surface area contributed by atoms with Crippen LogP contribution in [0.25, 0.3) is 11.1 Å². The second-order valence-corrected chi connectivity index (χ2v) is 5.50. The highest BCUT2D eigenvalue weighted by Gasteiger charge is 2.29. The van der Waals surface area contributed by atoms with Crippen LogP contribution in [0.1, 0.15) is 12.8 Å². The van der Waals surface area contributed by atoms with Crippen LogP contribution >= 0.6 is 0 Å². The second-order valence-electron chi connectivity index (χ2n) is 5.50. The van der Waals surface area contributed by atoms with Crippen LogP contribution in [0.5, 0.6) is 0 Å². The molecule has 3 heteroatoms. The van der Waals surface area contributed by atoms with Crippen LogP contribution in [-0.4, -0.2) is 30.4 Å². The first-order valence-corrected chi connectivity index (χ1v) is 7.39. The molecule has 0 unspecified atom stereocenters. The minimum atomic E-state index is 0.153. The Hall–Kier alpha value is -2.29. The van der Waals surface area contributed by atoms with Crippen molar-refractivity contribution in [1.29, 1.82) is 0 Å². The number of rotatable bonds is 5. The van der Waals surface area contributed by atoms with Crippen LogP contribution in [0.2, 0.25) is 0 Å². The van der Waals surface area contributed by atoms with E-state index in [-0.39, 0.29) is 5.91 Å². The van der Waals surface area contributed by atoms with Crippen molar-refractivity contribution in [3.05, 3.63) is 54.6 Å². The molecule has 0 spiro atoms. The Balaban J connectivity index is 1.72. The maximum absolute atomic E-state index is 12.1. The van der Waals surface area contributed by atoms with Crippen LogP contribution in [0, 0.1) is 0 Å². The minimum Gasteiger partial charge on any atom is -0.376 e. The summed E-state index contributed by atoms with van der Waals surface area (Å²) in [6, 6.07) is 18.8. The van der Waals surface area contributed by atoms with Gasteiger partial charge in [-0.15, -0.1) is 0 Å². The van der Waals surface area contributed by atoms with Gasteiger partial charge in [0.05, 0.1) is 6.54 Å². The van der Waals surface area contributed by atoms with Gasteiger partial charge in [0.15, 0.2) is 0 Å².